The number of benzene rings is 3. The fourth-order valence-electron chi connectivity index (χ4n) is 5.31. The number of carbonyl (C=O) groups excluding carboxylic acids is 2. The van der Waals surface area contributed by atoms with Crippen LogP contribution in [0.2, 0.25) is 0 Å². The monoisotopic (exact) mass is 490 g/mol. The minimum Gasteiger partial charge on any atom is -0.316 e. The number of para-hydroxylation sites is 2. The van der Waals surface area contributed by atoms with Crippen molar-refractivity contribution in [3.63, 3.8) is 0 Å². The van der Waals surface area contributed by atoms with Crippen molar-refractivity contribution in [3.05, 3.63) is 114 Å². The highest BCUT2D eigenvalue weighted by atomic mass is 16.2. The van der Waals surface area contributed by atoms with Crippen LogP contribution in [-0.2, 0) is 4.79 Å². The first kappa shape index (κ1) is 23.1. The lowest BCUT2D eigenvalue weighted by atomic mass is 9.96. The molecule has 2 heterocycles. The zero-order valence-corrected chi connectivity index (χ0v) is 21.1. The highest BCUT2D eigenvalue weighted by molar-refractivity contribution is 6.01. The topological polar surface area (TPSA) is 57.6 Å². The number of nitrogens with one attached hydrogen (secondary N) is 1. The summed E-state index contributed by atoms with van der Waals surface area (Å²) >= 11 is 0. The summed E-state index contributed by atoms with van der Waals surface area (Å²) in [6, 6.07) is 27.7. The molecule has 1 aliphatic carbocycles. The standard InChI is InChI=1S/C31H30N4O2/c1-21-8-5-10-23(18-21)30-28-14-7-17-33(28)26-12-3-4-13-27(26)35(30)29(36)20-34(25-15-16-25)31(37)32-24-11-6-9-22(2)19-24/h3-14,17-19,25,30H,15-16,20H2,1-2H3,(H,32,37). The molecule has 186 valence electrons. The molecule has 1 aliphatic heterocycles. The van der Waals surface area contributed by atoms with Crippen molar-refractivity contribution in [3.8, 4) is 5.69 Å². The highest BCUT2D eigenvalue weighted by Gasteiger charge is 2.40. The molecule has 6 nitrogen and oxygen atoms in total. The quantitative estimate of drug-likeness (QED) is 0.361. The summed E-state index contributed by atoms with van der Waals surface area (Å²) < 4.78 is 2.16. The van der Waals surface area contributed by atoms with Gasteiger partial charge in [0.2, 0.25) is 5.91 Å². The van der Waals surface area contributed by atoms with Gasteiger partial charge in [0.25, 0.3) is 0 Å². The Balaban J connectivity index is 1.36. The van der Waals surface area contributed by atoms with Gasteiger partial charge in [-0.1, -0.05) is 54.1 Å². The van der Waals surface area contributed by atoms with Crippen molar-refractivity contribution in [1.29, 1.82) is 0 Å². The van der Waals surface area contributed by atoms with E-state index in [0.29, 0.717) is 0 Å². The van der Waals surface area contributed by atoms with Crippen LogP contribution in [0.1, 0.15) is 41.3 Å². The van der Waals surface area contributed by atoms with E-state index in [4.69, 9.17) is 0 Å². The molecular formula is C31H30N4O2. The number of hydrogen-bond donors (Lipinski definition) is 1. The van der Waals surface area contributed by atoms with Gasteiger partial charge in [0, 0.05) is 17.9 Å². The Morgan fingerprint density at radius 2 is 1.59 bits per heavy atom. The summed E-state index contributed by atoms with van der Waals surface area (Å²) in [5.74, 6) is -0.0994. The summed E-state index contributed by atoms with van der Waals surface area (Å²) in [5.41, 5.74) is 6.82. The van der Waals surface area contributed by atoms with E-state index in [1.807, 2.05) is 78.7 Å². The molecule has 1 atom stereocenters. The van der Waals surface area contributed by atoms with Crippen LogP contribution >= 0.6 is 0 Å². The van der Waals surface area contributed by atoms with Gasteiger partial charge in [-0.15, -0.1) is 0 Å². The van der Waals surface area contributed by atoms with E-state index in [9.17, 15) is 9.59 Å². The Morgan fingerprint density at radius 3 is 2.32 bits per heavy atom. The Morgan fingerprint density at radius 1 is 0.865 bits per heavy atom. The van der Waals surface area contributed by atoms with Gasteiger partial charge in [0.15, 0.2) is 0 Å². The fourth-order valence-corrected chi connectivity index (χ4v) is 5.31. The first-order valence-corrected chi connectivity index (χ1v) is 12.8. The summed E-state index contributed by atoms with van der Waals surface area (Å²) in [6.45, 7) is 4.07. The lowest BCUT2D eigenvalue weighted by Crippen LogP contribution is -2.48. The van der Waals surface area contributed by atoms with Crippen molar-refractivity contribution < 1.29 is 9.59 Å². The van der Waals surface area contributed by atoms with Gasteiger partial charge >= 0.3 is 6.03 Å². The first-order valence-electron chi connectivity index (χ1n) is 12.8. The molecule has 6 heteroatoms. The molecule has 4 aromatic rings. The molecule has 3 amide bonds. The van der Waals surface area contributed by atoms with Crippen LogP contribution in [0.5, 0.6) is 0 Å². The second kappa shape index (κ2) is 9.28. The van der Waals surface area contributed by atoms with Gasteiger partial charge in [-0.2, -0.15) is 0 Å². The average molecular weight is 491 g/mol. The van der Waals surface area contributed by atoms with Crippen molar-refractivity contribution in [2.75, 3.05) is 16.8 Å². The third-order valence-corrected chi connectivity index (χ3v) is 7.17. The zero-order chi connectivity index (χ0) is 25.5. The van der Waals surface area contributed by atoms with Crippen LogP contribution < -0.4 is 10.2 Å². The number of anilines is 2. The van der Waals surface area contributed by atoms with Gasteiger partial charge in [0.1, 0.15) is 12.6 Å². The highest BCUT2D eigenvalue weighted by Crippen LogP contribution is 2.42. The molecular weight excluding hydrogens is 460 g/mol. The van der Waals surface area contributed by atoms with Gasteiger partial charge in [-0.25, -0.2) is 4.79 Å². The SMILES string of the molecule is Cc1cccc(NC(=O)N(CC(=O)N2c3ccccc3-n3cccc3C2c2cccc(C)c2)C2CC2)c1. The Bertz CT molecular complexity index is 1490. The number of nitrogens with zero attached hydrogens (tertiary/aromatic N) is 3. The number of rotatable bonds is 5. The van der Waals surface area contributed by atoms with E-state index in [1.165, 1.54) is 0 Å². The molecule has 1 fully saturated rings. The Hall–Kier alpha value is -4.32. The number of aromatic nitrogens is 1. The molecule has 0 saturated heterocycles. The summed E-state index contributed by atoms with van der Waals surface area (Å²) in [7, 11) is 0. The van der Waals surface area contributed by atoms with Gasteiger partial charge in [-0.3, -0.25) is 9.69 Å². The number of carbonyl (C=O) groups is 2. The predicted molar refractivity (Wildman–Crippen MR) is 146 cm³/mol. The Kier molecular flexibility index (Phi) is 5.80. The van der Waals surface area contributed by atoms with Crippen LogP contribution in [0.4, 0.5) is 16.2 Å². The lowest BCUT2D eigenvalue weighted by Gasteiger charge is -2.39. The molecule has 0 bridgehead atoms. The second-order valence-electron chi connectivity index (χ2n) is 10.0. The van der Waals surface area contributed by atoms with Gasteiger partial charge in [-0.05, 0) is 74.2 Å². The van der Waals surface area contributed by atoms with E-state index in [1.54, 1.807) is 4.90 Å². The molecule has 6 rings (SSSR count). The van der Waals surface area contributed by atoms with Crippen molar-refractivity contribution >= 4 is 23.3 Å². The molecule has 1 aromatic heterocycles. The fraction of sp³-hybridized carbons (Fsp3) is 0.226. The van der Waals surface area contributed by atoms with E-state index < -0.39 is 0 Å². The normalized spacial score (nSPS) is 16.1. The molecule has 3 aromatic carbocycles. The largest absolute Gasteiger partial charge is 0.322 e. The summed E-state index contributed by atoms with van der Waals surface area (Å²) in [4.78, 5) is 31.2. The molecule has 1 saturated carbocycles. The average Bonchev–Trinajstić information content (AvgIpc) is 3.61. The van der Waals surface area contributed by atoms with Crippen LogP contribution in [0.3, 0.4) is 0 Å². The van der Waals surface area contributed by atoms with E-state index in [2.05, 4.69) is 41.1 Å². The van der Waals surface area contributed by atoms with Crippen LogP contribution in [-0.4, -0.2) is 34.0 Å². The minimum absolute atomic E-state index is 0.0136. The zero-order valence-electron chi connectivity index (χ0n) is 21.1. The molecule has 0 spiro atoms. The summed E-state index contributed by atoms with van der Waals surface area (Å²) in [5, 5.41) is 3.01. The Labute approximate surface area is 217 Å². The van der Waals surface area contributed by atoms with Crippen LogP contribution in [0.15, 0.2) is 91.1 Å². The second-order valence-corrected chi connectivity index (χ2v) is 10.0. The number of hydrogen-bond acceptors (Lipinski definition) is 2. The molecule has 1 N–H and O–H groups in total. The molecule has 0 radical (unpaired) electrons. The molecule has 37 heavy (non-hydrogen) atoms. The maximum atomic E-state index is 14.2. The molecule has 2 aliphatic rings. The smallest absolute Gasteiger partial charge is 0.316 e. The first-order chi connectivity index (χ1) is 18.0. The predicted octanol–water partition coefficient (Wildman–Crippen LogP) is 6.23. The van der Waals surface area contributed by atoms with Crippen molar-refractivity contribution in [2.24, 2.45) is 0 Å². The van der Waals surface area contributed by atoms with Gasteiger partial charge < -0.3 is 14.8 Å². The van der Waals surface area contributed by atoms with Crippen molar-refractivity contribution in [1.82, 2.24) is 9.47 Å². The number of amides is 3. The van der Waals surface area contributed by atoms with Crippen LogP contribution in [0.25, 0.3) is 5.69 Å². The van der Waals surface area contributed by atoms with E-state index in [0.717, 1.165) is 52.3 Å². The lowest BCUT2D eigenvalue weighted by molar-refractivity contribution is -0.119. The third-order valence-electron chi connectivity index (χ3n) is 7.17. The van der Waals surface area contributed by atoms with Crippen LogP contribution in [0, 0.1) is 13.8 Å². The van der Waals surface area contributed by atoms with E-state index in [-0.39, 0.29) is 30.6 Å². The maximum Gasteiger partial charge on any atom is 0.322 e. The maximum absolute atomic E-state index is 14.2. The summed E-state index contributed by atoms with van der Waals surface area (Å²) in [6.07, 6.45) is 3.87. The number of fused-ring (bicyclic) bond motifs is 3. The van der Waals surface area contributed by atoms with Gasteiger partial charge in [0.05, 0.1) is 17.1 Å². The molecule has 1 unspecified atom stereocenters. The van der Waals surface area contributed by atoms with E-state index >= 15 is 0 Å². The minimum atomic E-state index is -0.293. The number of urea groups is 1. The number of aryl methyl sites for hydroxylation is 2. The van der Waals surface area contributed by atoms with Crippen molar-refractivity contribution in [2.45, 2.75) is 38.8 Å². The third kappa shape index (κ3) is 4.40.